The molecule has 0 radical (unpaired) electrons. The molecule has 5 aromatic rings. The van der Waals surface area contributed by atoms with Crippen molar-refractivity contribution in [2.75, 3.05) is 0 Å². The second kappa shape index (κ2) is 8.54. The first-order chi connectivity index (χ1) is 15.5. The maximum atomic E-state index is 13.5. The van der Waals surface area contributed by atoms with Gasteiger partial charge in [-0.25, -0.2) is 4.98 Å². The number of nitrogens with zero attached hydrogens (tertiary/aromatic N) is 4. The molecule has 2 aromatic carbocycles. The predicted octanol–water partition coefficient (Wildman–Crippen LogP) is 6.31. The van der Waals surface area contributed by atoms with Crippen molar-refractivity contribution in [3.05, 3.63) is 86.8 Å². The molecular formula is C23H17ClN4O2S2. The SMILES string of the molecule is Cc1ccccc1-n1c(SC(C)c2nnc(-c3cccs3)o2)nc2cc(Cl)ccc2c1=O. The third-order valence-electron chi connectivity index (χ3n) is 4.96. The molecule has 1 atom stereocenters. The molecule has 0 saturated carbocycles. The largest absolute Gasteiger partial charge is 0.419 e. The molecule has 32 heavy (non-hydrogen) atoms. The van der Waals surface area contributed by atoms with Gasteiger partial charge in [-0.2, -0.15) is 0 Å². The van der Waals surface area contributed by atoms with E-state index in [0.717, 1.165) is 16.1 Å². The Kier molecular flexibility index (Phi) is 5.58. The summed E-state index contributed by atoms with van der Waals surface area (Å²) in [6.45, 7) is 3.92. The van der Waals surface area contributed by atoms with Crippen LogP contribution in [-0.2, 0) is 0 Å². The number of thioether (sulfide) groups is 1. The lowest BCUT2D eigenvalue weighted by atomic mass is 10.2. The quantitative estimate of drug-likeness (QED) is 0.217. The molecule has 9 heteroatoms. The van der Waals surface area contributed by atoms with E-state index >= 15 is 0 Å². The van der Waals surface area contributed by atoms with Gasteiger partial charge in [-0.05, 0) is 55.1 Å². The van der Waals surface area contributed by atoms with Crippen molar-refractivity contribution < 1.29 is 4.42 Å². The van der Waals surface area contributed by atoms with Crippen LogP contribution in [0, 0.1) is 6.92 Å². The number of hydrogen-bond donors (Lipinski definition) is 0. The molecule has 0 aliphatic rings. The van der Waals surface area contributed by atoms with E-state index in [0.29, 0.717) is 32.9 Å². The fourth-order valence-corrected chi connectivity index (χ4v) is 5.11. The topological polar surface area (TPSA) is 73.8 Å². The molecule has 0 aliphatic carbocycles. The summed E-state index contributed by atoms with van der Waals surface area (Å²) < 4.78 is 7.54. The lowest BCUT2D eigenvalue weighted by Crippen LogP contribution is -2.22. The molecule has 0 fully saturated rings. The normalized spacial score (nSPS) is 12.3. The first kappa shape index (κ1) is 20.9. The lowest BCUT2D eigenvalue weighted by Gasteiger charge is -2.16. The van der Waals surface area contributed by atoms with Gasteiger partial charge in [-0.1, -0.05) is 47.6 Å². The zero-order chi connectivity index (χ0) is 22.2. The molecule has 5 rings (SSSR count). The van der Waals surface area contributed by atoms with E-state index in [-0.39, 0.29) is 10.8 Å². The van der Waals surface area contributed by atoms with E-state index in [4.69, 9.17) is 21.0 Å². The number of benzene rings is 2. The molecular weight excluding hydrogens is 464 g/mol. The number of hydrogen-bond acceptors (Lipinski definition) is 7. The van der Waals surface area contributed by atoms with Crippen LogP contribution in [0.2, 0.25) is 5.02 Å². The maximum absolute atomic E-state index is 13.5. The van der Waals surface area contributed by atoms with Crippen LogP contribution in [0.5, 0.6) is 0 Å². The minimum absolute atomic E-state index is 0.152. The lowest BCUT2D eigenvalue weighted by molar-refractivity contribution is 0.509. The maximum Gasteiger partial charge on any atom is 0.266 e. The van der Waals surface area contributed by atoms with Crippen molar-refractivity contribution in [3.8, 4) is 16.5 Å². The average Bonchev–Trinajstić information content (AvgIpc) is 3.47. The Morgan fingerprint density at radius 2 is 1.97 bits per heavy atom. The Morgan fingerprint density at radius 3 is 2.75 bits per heavy atom. The van der Waals surface area contributed by atoms with Crippen LogP contribution in [0.15, 0.2) is 74.3 Å². The van der Waals surface area contributed by atoms with Crippen LogP contribution in [-0.4, -0.2) is 19.7 Å². The van der Waals surface area contributed by atoms with Gasteiger partial charge in [0.1, 0.15) is 0 Å². The van der Waals surface area contributed by atoms with Crippen molar-refractivity contribution in [2.45, 2.75) is 24.3 Å². The molecule has 160 valence electrons. The van der Waals surface area contributed by atoms with Gasteiger partial charge in [0.15, 0.2) is 5.16 Å². The molecule has 0 N–H and O–H groups in total. The van der Waals surface area contributed by atoms with Gasteiger partial charge in [0.25, 0.3) is 11.4 Å². The molecule has 0 bridgehead atoms. The highest BCUT2D eigenvalue weighted by atomic mass is 35.5. The second-order valence-electron chi connectivity index (χ2n) is 7.17. The van der Waals surface area contributed by atoms with Gasteiger partial charge in [-0.3, -0.25) is 9.36 Å². The Balaban J connectivity index is 1.61. The van der Waals surface area contributed by atoms with Crippen LogP contribution in [0.3, 0.4) is 0 Å². The number of rotatable bonds is 5. The van der Waals surface area contributed by atoms with E-state index < -0.39 is 0 Å². The summed E-state index contributed by atoms with van der Waals surface area (Å²) in [5.74, 6) is 0.951. The number of aryl methyl sites for hydroxylation is 1. The van der Waals surface area contributed by atoms with Crippen LogP contribution in [0.1, 0.15) is 23.6 Å². The minimum Gasteiger partial charge on any atom is -0.419 e. The summed E-state index contributed by atoms with van der Waals surface area (Å²) in [6, 6.07) is 16.7. The molecule has 3 heterocycles. The highest BCUT2D eigenvalue weighted by molar-refractivity contribution is 7.99. The molecule has 6 nitrogen and oxygen atoms in total. The third kappa shape index (κ3) is 3.85. The Morgan fingerprint density at radius 1 is 1.12 bits per heavy atom. The van der Waals surface area contributed by atoms with Crippen molar-refractivity contribution in [2.24, 2.45) is 0 Å². The highest BCUT2D eigenvalue weighted by Gasteiger charge is 2.22. The minimum atomic E-state index is -0.227. The first-order valence-corrected chi connectivity index (χ1v) is 12.0. The molecule has 0 spiro atoms. The van der Waals surface area contributed by atoms with E-state index in [9.17, 15) is 4.79 Å². The Hall–Kier alpha value is -2.94. The summed E-state index contributed by atoms with van der Waals surface area (Å²) in [5.41, 5.74) is 2.14. The van der Waals surface area contributed by atoms with Gasteiger partial charge in [0, 0.05) is 5.02 Å². The van der Waals surface area contributed by atoms with Crippen LogP contribution in [0.4, 0.5) is 0 Å². The summed E-state index contributed by atoms with van der Waals surface area (Å²) in [5, 5.41) is 11.7. The van der Waals surface area contributed by atoms with Gasteiger partial charge in [0.05, 0.1) is 26.7 Å². The van der Waals surface area contributed by atoms with E-state index in [1.807, 2.05) is 55.6 Å². The number of aromatic nitrogens is 4. The standard InChI is InChI=1S/C23H17ClN4O2S2/c1-13-6-3-4-7-18(13)28-22(29)16-10-9-15(24)12-17(16)25-23(28)32-14(2)20-26-27-21(30-20)19-8-5-11-31-19/h3-12,14H,1-2H3. The number of thiophene rings is 1. The monoisotopic (exact) mass is 480 g/mol. The van der Waals surface area contributed by atoms with Crippen LogP contribution >= 0.6 is 34.7 Å². The molecule has 1 unspecified atom stereocenters. The summed E-state index contributed by atoms with van der Waals surface area (Å²) in [7, 11) is 0. The number of halogens is 1. The van der Waals surface area contributed by atoms with E-state index in [1.165, 1.54) is 23.1 Å². The number of fused-ring (bicyclic) bond motifs is 1. The highest BCUT2D eigenvalue weighted by Crippen LogP contribution is 2.36. The van der Waals surface area contributed by atoms with Crippen LogP contribution < -0.4 is 5.56 Å². The molecule has 0 saturated heterocycles. The molecule has 3 aromatic heterocycles. The van der Waals surface area contributed by atoms with E-state index in [1.54, 1.807) is 22.8 Å². The number of para-hydroxylation sites is 1. The fourth-order valence-electron chi connectivity index (χ4n) is 3.35. The molecule has 0 amide bonds. The predicted molar refractivity (Wildman–Crippen MR) is 129 cm³/mol. The van der Waals surface area contributed by atoms with Gasteiger partial charge in [0.2, 0.25) is 5.89 Å². The van der Waals surface area contributed by atoms with Gasteiger partial charge in [-0.15, -0.1) is 21.5 Å². The van der Waals surface area contributed by atoms with Crippen molar-refractivity contribution in [1.82, 2.24) is 19.7 Å². The Bertz CT molecular complexity index is 1480. The molecule has 0 aliphatic heterocycles. The van der Waals surface area contributed by atoms with Crippen molar-refractivity contribution >= 4 is 45.6 Å². The summed E-state index contributed by atoms with van der Waals surface area (Å²) >= 11 is 9.10. The van der Waals surface area contributed by atoms with Crippen molar-refractivity contribution in [1.29, 1.82) is 0 Å². The van der Waals surface area contributed by atoms with Crippen molar-refractivity contribution in [3.63, 3.8) is 0 Å². The second-order valence-corrected chi connectivity index (χ2v) is 9.86. The average molecular weight is 481 g/mol. The van der Waals surface area contributed by atoms with Crippen LogP contribution in [0.25, 0.3) is 27.4 Å². The zero-order valence-electron chi connectivity index (χ0n) is 17.2. The zero-order valence-corrected chi connectivity index (χ0v) is 19.5. The van der Waals surface area contributed by atoms with Gasteiger partial charge < -0.3 is 4.42 Å². The Labute approximate surface area is 196 Å². The van der Waals surface area contributed by atoms with E-state index in [2.05, 4.69) is 10.2 Å². The smallest absolute Gasteiger partial charge is 0.266 e. The van der Waals surface area contributed by atoms with Gasteiger partial charge >= 0.3 is 0 Å². The fraction of sp³-hybridized carbons (Fsp3) is 0.130. The summed E-state index contributed by atoms with van der Waals surface area (Å²) in [6.07, 6.45) is 0. The summed E-state index contributed by atoms with van der Waals surface area (Å²) in [4.78, 5) is 19.2. The third-order valence-corrected chi connectivity index (χ3v) is 7.09. The first-order valence-electron chi connectivity index (χ1n) is 9.83.